The predicted octanol–water partition coefficient (Wildman–Crippen LogP) is 0.965. The molecule has 2 aliphatic heterocycles. The first-order valence-electron chi connectivity index (χ1n) is 6.06. The molecule has 2 rings (SSSR count). The lowest BCUT2D eigenvalue weighted by Gasteiger charge is -2.38. The standard InChI is InChI=1S/C12H22O4/c1-7(2)12(16-8(3)4)6-15-10-9(13)5-14-11(10)12/h7-11,13H,5-6H2,1-4H3/t9-,10-,11+,12-/m1/s1. The van der Waals surface area contributed by atoms with E-state index in [-0.39, 0.29) is 18.3 Å². The molecule has 2 heterocycles. The molecule has 94 valence electrons. The van der Waals surface area contributed by atoms with E-state index in [0.29, 0.717) is 19.1 Å². The summed E-state index contributed by atoms with van der Waals surface area (Å²) in [5, 5.41) is 9.74. The van der Waals surface area contributed by atoms with Crippen LogP contribution in [-0.4, -0.2) is 48.3 Å². The third-order valence-corrected chi connectivity index (χ3v) is 3.54. The van der Waals surface area contributed by atoms with Crippen LogP contribution in [0.2, 0.25) is 0 Å². The highest BCUT2D eigenvalue weighted by molar-refractivity contribution is 5.06. The molecular formula is C12H22O4. The Labute approximate surface area is 96.9 Å². The van der Waals surface area contributed by atoms with Crippen molar-refractivity contribution in [3.05, 3.63) is 0 Å². The van der Waals surface area contributed by atoms with Gasteiger partial charge in [0.2, 0.25) is 0 Å². The maximum atomic E-state index is 9.74. The predicted molar refractivity (Wildman–Crippen MR) is 59.3 cm³/mol. The SMILES string of the molecule is CC(C)O[C@@]1(C(C)C)CO[C@@H]2[C@H](O)CO[C@@H]21. The summed E-state index contributed by atoms with van der Waals surface area (Å²) in [5.74, 6) is 0.301. The molecule has 2 aliphatic rings. The first-order chi connectivity index (χ1) is 7.47. The van der Waals surface area contributed by atoms with E-state index >= 15 is 0 Å². The highest BCUT2D eigenvalue weighted by atomic mass is 16.6. The topological polar surface area (TPSA) is 47.9 Å². The van der Waals surface area contributed by atoms with Gasteiger partial charge in [0.1, 0.15) is 23.9 Å². The fourth-order valence-electron chi connectivity index (χ4n) is 2.69. The minimum Gasteiger partial charge on any atom is -0.388 e. The van der Waals surface area contributed by atoms with Crippen molar-refractivity contribution >= 4 is 0 Å². The highest BCUT2D eigenvalue weighted by Crippen LogP contribution is 2.41. The van der Waals surface area contributed by atoms with E-state index in [4.69, 9.17) is 14.2 Å². The Balaban J connectivity index is 2.21. The van der Waals surface area contributed by atoms with Crippen LogP contribution < -0.4 is 0 Å². The van der Waals surface area contributed by atoms with E-state index in [1.54, 1.807) is 0 Å². The second-order valence-corrected chi connectivity index (χ2v) is 5.37. The lowest BCUT2D eigenvalue weighted by molar-refractivity contribution is -0.161. The molecule has 0 unspecified atom stereocenters. The molecule has 1 N–H and O–H groups in total. The molecular weight excluding hydrogens is 208 g/mol. The fraction of sp³-hybridized carbons (Fsp3) is 1.00. The Morgan fingerprint density at radius 1 is 1.25 bits per heavy atom. The molecule has 16 heavy (non-hydrogen) atoms. The minimum atomic E-state index is -0.513. The Bertz CT molecular complexity index is 253. The number of ether oxygens (including phenoxy) is 3. The molecule has 4 atom stereocenters. The average Bonchev–Trinajstić information content (AvgIpc) is 2.69. The lowest BCUT2D eigenvalue weighted by atomic mass is 9.84. The number of hydrogen-bond acceptors (Lipinski definition) is 4. The first kappa shape index (κ1) is 12.3. The van der Waals surface area contributed by atoms with Crippen molar-refractivity contribution in [2.24, 2.45) is 5.92 Å². The number of aliphatic hydroxyl groups excluding tert-OH is 1. The van der Waals surface area contributed by atoms with Gasteiger partial charge in [-0.1, -0.05) is 13.8 Å². The monoisotopic (exact) mass is 230 g/mol. The molecule has 2 saturated heterocycles. The molecule has 0 saturated carbocycles. The summed E-state index contributed by atoms with van der Waals surface area (Å²) in [6.07, 6.45) is -0.737. The zero-order valence-corrected chi connectivity index (χ0v) is 10.5. The molecule has 0 aromatic heterocycles. The molecule has 0 aromatic rings. The van der Waals surface area contributed by atoms with Crippen LogP contribution in [-0.2, 0) is 14.2 Å². The van der Waals surface area contributed by atoms with Crippen molar-refractivity contribution in [2.75, 3.05) is 13.2 Å². The highest BCUT2D eigenvalue weighted by Gasteiger charge is 2.59. The van der Waals surface area contributed by atoms with Crippen molar-refractivity contribution < 1.29 is 19.3 Å². The number of fused-ring (bicyclic) bond motifs is 1. The summed E-state index contributed by atoms with van der Waals surface area (Å²) in [4.78, 5) is 0. The first-order valence-corrected chi connectivity index (χ1v) is 6.06. The van der Waals surface area contributed by atoms with Crippen LogP contribution in [0.5, 0.6) is 0 Å². The minimum absolute atomic E-state index is 0.131. The van der Waals surface area contributed by atoms with Gasteiger partial charge >= 0.3 is 0 Å². The third kappa shape index (κ3) is 1.78. The van der Waals surface area contributed by atoms with Crippen molar-refractivity contribution in [2.45, 2.75) is 57.7 Å². The summed E-state index contributed by atoms with van der Waals surface area (Å²) in [6.45, 7) is 9.12. The van der Waals surface area contributed by atoms with Crippen LogP contribution in [0.4, 0.5) is 0 Å². The zero-order chi connectivity index (χ0) is 11.9. The lowest BCUT2D eigenvalue weighted by Crippen LogP contribution is -2.51. The Kier molecular flexibility index (Phi) is 3.27. The van der Waals surface area contributed by atoms with E-state index in [1.807, 2.05) is 13.8 Å². The summed E-state index contributed by atoms with van der Waals surface area (Å²) in [6, 6.07) is 0. The number of aliphatic hydroxyl groups is 1. The van der Waals surface area contributed by atoms with Gasteiger partial charge in [0, 0.05) is 0 Å². The van der Waals surface area contributed by atoms with Crippen LogP contribution in [0.3, 0.4) is 0 Å². The van der Waals surface area contributed by atoms with Gasteiger partial charge in [-0.25, -0.2) is 0 Å². The maximum Gasteiger partial charge on any atom is 0.123 e. The van der Waals surface area contributed by atoms with Crippen LogP contribution in [0.15, 0.2) is 0 Å². The quantitative estimate of drug-likeness (QED) is 0.784. The van der Waals surface area contributed by atoms with E-state index in [2.05, 4.69) is 13.8 Å². The van der Waals surface area contributed by atoms with Crippen LogP contribution in [0, 0.1) is 5.92 Å². The summed E-state index contributed by atoms with van der Waals surface area (Å²) in [5.41, 5.74) is -0.406. The maximum absolute atomic E-state index is 9.74. The average molecular weight is 230 g/mol. The van der Waals surface area contributed by atoms with Crippen molar-refractivity contribution in [3.63, 3.8) is 0 Å². The number of hydrogen-bond donors (Lipinski definition) is 1. The van der Waals surface area contributed by atoms with E-state index in [0.717, 1.165) is 0 Å². The number of rotatable bonds is 3. The van der Waals surface area contributed by atoms with Gasteiger partial charge in [0.15, 0.2) is 0 Å². The fourth-order valence-corrected chi connectivity index (χ4v) is 2.69. The van der Waals surface area contributed by atoms with Gasteiger partial charge in [-0.2, -0.15) is 0 Å². The molecule has 0 aromatic carbocycles. The van der Waals surface area contributed by atoms with E-state index in [1.165, 1.54) is 0 Å². The summed E-state index contributed by atoms with van der Waals surface area (Å²) in [7, 11) is 0. The van der Waals surface area contributed by atoms with Gasteiger partial charge in [-0.15, -0.1) is 0 Å². The van der Waals surface area contributed by atoms with Crippen LogP contribution in [0.25, 0.3) is 0 Å². The Morgan fingerprint density at radius 3 is 2.50 bits per heavy atom. The van der Waals surface area contributed by atoms with Gasteiger partial charge < -0.3 is 19.3 Å². The molecule has 0 spiro atoms. The van der Waals surface area contributed by atoms with Gasteiger partial charge in [-0.05, 0) is 19.8 Å². The van der Waals surface area contributed by atoms with Gasteiger partial charge in [0.25, 0.3) is 0 Å². The molecule has 0 radical (unpaired) electrons. The van der Waals surface area contributed by atoms with Crippen LogP contribution >= 0.6 is 0 Å². The molecule has 0 amide bonds. The largest absolute Gasteiger partial charge is 0.388 e. The van der Waals surface area contributed by atoms with Gasteiger partial charge in [-0.3, -0.25) is 0 Å². The molecule has 2 fully saturated rings. The Hall–Kier alpha value is -0.160. The second-order valence-electron chi connectivity index (χ2n) is 5.37. The van der Waals surface area contributed by atoms with Crippen LogP contribution in [0.1, 0.15) is 27.7 Å². The Morgan fingerprint density at radius 2 is 1.94 bits per heavy atom. The zero-order valence-electron chi connectivity index (χ0n) is 10.5. The van der Waals surface area contributed by atoms with Crippen molar-refractivity contribution in [1.29, 1.82) is 0 Å². The van der Waals surface area contributed by atoms with E-state index in [9.17, 15) is 5.11 Å². The molecule has 0 bridgehead atoms. The molecule has 0 aliphatic carbocycles. The summed E-state index contributed by atoms with van der Waals surface area (Å²) >= 11 is 0. The van der Waals surface area contributed by atoms with Crippen molar-refractivity contribution in [3.8, 4) is 0 Å². The van der Waals surface area contributed by atoms with Crippen molar-refractivity contribution in [1.82, 2.24) is 0 Å². The molecule has 4 nitrogen and oxygen atoms in total. The van der Waals surface area contributed by atoms with E-state index < -0.39 is 11.7 Å². The summed E-state index contributed by atoms with van der Waals surface area (Å²) < 4.78 is 17.4. The van der Waals surface area contributed by atoms with Gasteiger partial charge in [0.05, 0.1) is 19.3 Å². The smallest absolute Gasteiger partial charge is 0.123 e. The second kappa shape index (κ2) is 4.26. The normalized spacial score (nSPS) is 43.3. The third-order valence-electron chi connectivity index (χ3n) is 3.54. The molecule has 4 heteroatoms.